The van der Waals surface area contributed by atoms with Crippen molar-refractivity contribution in [1.82, 2.24) is 4.72 Å². The minimum absolute atomic E-state index is 0.0336. The second kappa shape index (κ2) is 11.8. The molecule has 2 rings (SSSR count). The number of hydrogen-bond donors (Lipinski definition) is 1. The van der Waals surface area contributed by atoms with Gasteiger partial charge in [-0.2, -0.15) is 0 Å². The van der Waals surface area contributed by atoms with E-state index in [4.69, 9.17) is 9.16 Å². The first-order valence-electron chi connectivity index (χ1n) is 11.3. The molecule has 0 aliphatic rings. The van der Waals surface area contributed by atoms with Crippen molar-refractivity contribution in [2.75, 3.05) is 13.2 Å². The van der Waals surface area contributed by atoms with Crippen molar-refractivity contribution in [2.45, 2.75) is 63.2 Å². The molecular formula is C26H35NO5SSi. The highest BCUT2D eigenvalue weighted by atomic mass is 32.2. The van der Waals surface area contributed by atoms with E-state index < -0.39 is 30.4 Å². The molecule has 0 amide bonds. The van der Waals surface area contributed by atoms with Gasteiger partial charge in [0.05, 0.1) is 10.5 Å². The molecule has 0 aromatic heterocycles. The lowest BCUT2D eigenvalue weighted by Crippen LogP contribution is -2.44. The summed E-state index contributed by atoms with van der Waals surface area (Å²) in [5.41, 5.74) is 1.45. The lowest BCUT2D eigenvalue weighted by Gasteiger charge is -2.38. The number of ether oxygens (including phenoxy) is 1. The Morgan fingerprint density at radius 1 is 1.06 bits per heavy atom. The summed E-state index contributed by atoms with van der Waals surface area (Å²) in [7, 11) is -5.78. The molecule has 0 fully saturated rings. The van der Waals surface area contributed by atoms with Gasteiger partial charge in [0.25, 0.3) is 0 Å². The van der Waals surface area contributed by atoms with Gasteiger partial charge in [0.1, 0.15) is 6.10 Å². The number of hydrogen-bond acceptors (Lipinski definition) is 5. The predicted octanol–water partition coefficient (Wildman–Crippen LogP) is 4.91. The molecule has 0 heterocycles. The monoisotopic (exact) mass is 501 g/mol. The molecule has 1 atom stereocenters. The van der Waals surface area contributed by atoms with E-state index in [0.29, 0.717) is 12.0 Å². The van der Waals surface area contributed by atoms with Gasteiger partial charge < -0.3 is 9.16 Å². The molecule has 8 heteroatoms. The molecule has 6 nitrogen and oxygen atoms in total. The Hall–Kier alpha value is -2.44. The van der Waals surface area contributed by atoms with Crippen molar-refractivity contribution < 1.29 is 22.4 Å². The summed E-state index contributed by atoms with van der Waals surface area (Å²) >= 11 is 0. The van der Waals surface area contributed by atoms with Crippen LogP contribution >= 0.6 is 0 Å². The predicted molar refractivity (Wildman–Crippen MR) is 138 cm³/mol. The van der Waals surface area contributed by atoms with Crippen LogP contribution < -0.4 is 4.72 Å². The maximum absolute atomic E-state index is 12.6. The second-order valence-electron chi connectivity index (χ2n) is 9.63. The standard InChI is InChI=1S/C26H35NO5SSi/c1-21-14-16-24(17-15-21)33(29,30)27-19-18-23(32-34(5,6)26(2,3)4)13-10-20-31-25(28)22-11-8-7-9-12-22/h7-9,11-12,14-17,23,27H,18-20H2,1-6H3. The van der Waals surface area contributed by atoms with Gasteiger partial charge in [0.2, 0.25) is 10.0 Å². The normalized spacial score (nSPS) is 13.0. The van der Waals surface area contributed by atoms with Crippen LogP contribution in [-0.4, -0.2) is 42.0 Å². The Labute approximate surface area is 205 Å². The van der Waals surface area contributed by atoms with Crippen LogP contribution in [0.25, 0.3) is 0 Å². The fourth-order valence-electron chi connectivity index (χ4n) is 2.73. The molecule has 0 saturated heterocycles. The Morgan fingerprint density at radius 3 is 2.26 bits per heavy atom. The third kappa shape index (κ3) is 8.40. The minimum atomic E-state index is -3.62. The fraction of sp³-hybridized carbons (Fsp3) is 0.423. The molecule has 0 bridgehead atoms. The van der Waals surface area contributed by atoms with Crippen molar-refractivity contribution >= 4 is 24.3 Å². The van der Waals surface area contributed by atoms with Crippen LogP contribution in [0.3, 0.4) is 0 Å². The van der Waals surface area contributed by atoms with Crippen molar-refractivity contribution in [2.24, 2.45) is 0 Å². The topological polar surface area (TPSA) is 81.7 Å². The molecule has 184 valence electrons. The average molecular weight is 502 g/mol. The van der Waals surface area contributed by atoms with Crippen molar-refractivity contribution in [3.8, 4) is 11.8 Å². The number of carbonyl (C=O) groups is 1. The summed E-state index contributed by atoms with van der Waals surface area (Å²) in [6.45, 7) is 12.6. The van der Waals surface area contributed by atoms with Crippen LogP contribution in [0.5, 0.6) is 0 Å². The number of sulfonamides is 1. The van der Waals surface area contributed by atoms with Gasteiger partial charge in [-0.3, -0.25) is 0 Å². The van der Waals surface area contributed by atoms with Gasteiger partial charge in [-0.05, 0) is 55.7 Å². The van der Waals surface area contributed by atoms with Gasteiger partial charge in [0.15, 0.2) is 14.9 Å². The summed E-state index contributed by atoms with van der Waals surface area (Å²) in [4.78, 5) is 12.3. The van der Waals surface area contributed by atoms with Crippen LogP contribution in [0.2, 0.25) is 18.1 Å². The van der Waals surface area contributed by atoms with Crippen molar-refractivity contribution in [3.05, 3.63) is 65.7 Å². The number of nitrogens with one attached hydrogen (secondary N) is 1. The average Bonchev–Trinajstić information content (AvgIpc) is 2.76. The van der Waals surface area contributed by atoms with E-state index in [9.17, 15) is 13.2 Å². The third-order valence-electron chi connectivity index (χ3n) is 5.82. The third-order valence-corrected chi connectivity index (χ3v) is 11.8. The Bertz CT molecular complexity index is 1110. The van der Waals surface area contributed by atoms with E-state index in [2.05, 4.69) is 50.4 Å². The highest BCUT2D eigenvalue weighted by Crippen LogP contribution is 2.37. The van der Waals surface area contributed by atoms with Gasteiger partial charge in [-0.25, -0.2) is 17.9 Å². The second-order valence-corrected chi connectivity index (χ2v) is 16.2. The lowest BCUT2D eigenvalue weighted by molar-refractivity contribution is 0.0556. The molecule has 34 heavy (non-hydrogen) atoms. The zero-order valence-electron chi connectivity index (χ0n) is 20.8. The fourth-order valence-corrected chi connectivity index (χ4v) is 5.02. The number of esters is 1. The number of carbonyl (C=O) groups excluding carboxylic acids is 1. The molecule has 0 aliphatic heterocycles. The Morgan fingerprint density at radius 2 is 1.68 bits per heavy atom. The van der Waals surface area contributed by atoms with Crippen LogP contribution in [-0.2, 0) is 19.2 Å². The summed E-state index contributed by atoms with van der Waals surface area (Å²) in [5, 5.41) is -0.0336. The van der Waals surface area contributed by atoms with Crippen LogP contribution in [0.4, 0.5) is 0 Å². The Kier molecular flexibility index (Phi) is 9.65. The van der Waals surface area contributed by atoms with Crippen LogP contribution in [0.1, 0.15) is 43.1 Å². The van der Waals surface area contributed by atoms with Crippen LogP contribution in [0, 0.1) is 18.8 Å². The van der Waals surface area contributed by atoms with E-state index >= 15 is 0 Å². The summed E-state index contributed by atoms with van der Waals surface area (Å²) < 4.78 is 39.5. The van der Waals surface area contributed by atoms with E-state index in [0.717, 1.165) is 5.56 Å². The quantitative estimate of drug-likeness (QED) is 0.300. The Balaban J connectivity index is 2.04. The van der Waals surface area contributed by atoms with Crippen LogP contribution in [0.15, 0.2) is 59.5 Å². The molecule has 2 aromatic rings. The van der Waals surface area contributed by atoms with E-state index in [1.165, 1.54) is 0 Å². The SMILES string of the molecule is Cc1ccc(S(=O)(=O)NCCC(C#CCOC(=O)c2ccccc2)O[Si](C)(C)C(C)(C)C)cc1. The van der Waals surface area contributed by atoms with Crippen molar-refractivity contribution in [3.63, 3.8) is 0 Å². The molecule has 0 radical (unpaired) electrons. The molecule has 0 aliphatic carbocycles. The highest BCUT2D eigenvalue weighted by molar-refractivity contribution is 7.89. The molecule has 0 saturated carbocycles. The van der Waals surface area contributed by atoms with Gasteiger partial charge in [-0.15, -0.1) is 0 Å². The highest BCUT2D eigenvalue weighted by Gasteiger charge is 2.38. The van der Waals surface area contributed by atoms with Gasteiger partial charge in [0, 0.05) is 6.54 Å². The first-order valence-corrected chi connectivity index (χ1v) is 15.7. The smallest absolute Gasteiger partial charge is 0.339 e. The largest absolute Gasteiger partial charge is 0.449 e. The zero-order chi connectivity index (χ0) is 25.4. The van der Waals surface area contributed by atoms with E-state index in [1.807, 2.05) is 13.0 Å². The number of rotatable bonds is 9. The lowest BCUT2D eigenvalue weighted by atomic mass is 10.2. The first kappa shape index (κ1) is 27.8. The molecular weight excluding hydrogens is 466 g/mol. The number of benzene rings is 2. The summed E-state index contributed by atoms with van der Waals surface area (Å²) in [6, 6.07) is 15.4. The first-order chi connectivity index (χ1) is 15.8. The molecule has 1 unspecified atom stereocenters. The molecule has 0 spiro atoms. The molecule has 2 aromatic carbocycles. The summed E-state index contributed by atoms with van der Waals surface area (Å²) in [6.07, 6.45) is -0.117. The summed E-state index contributed by atoms with van der Waals surface area (Å²) in [5.74, 6) is 5.47. The minimum Gasteiger partial charge on any atom is -0.449 e. The molecule has 1 N–H and O–H groups in total. The maximum Gasteiger partial charge on any atom is 0.339 e. The zero-order valence-corrected chi connectivity index (χ0v) is 22.7. The van der Waals surface area contributed by atoms with Gasteiger partial charge >= 0.3 is 5.97 Å². The van der Waals surface area contributed by atoms with E-state index in [-0.39, 0.29) is 23.1 Å². The van der Waals surface area contributed by atoms with Gasteiger partial charge in [-0.1, -0.05) is 68.5 Å². The van der Waals surface area contributed by atoms with E-state index in [1.54, 1.807) is 48.5 Å². The maximum atomic E-state index is 12.6. The number of aryl methyl sites for hydroxylation is 1. The van der Waals surface area contributed by atoms with Crippen molar-refractivity contribution in [1.29, 1.82) is 0 Å².